The number of aromatic nitrogens is 1. The van der Waals surface area contributed by atoms with Gasteiger partial charge in [-0.2, -0.15) is 0 Å². The Hall–Kier alpha value is -1.92. The lowest BCUT2D eigenvalue weighted by Crippen LogP contribution is -2.34. The Morgan fingerprint density at radius 2 is 2.19 bits per heavy atom. The second-order valence-corrected chi connectivity index (χ2v) is 6.95. The van der Waals surface area contributed by atoms with Crippen molar-refractivity contribution in [2.24, 2.45) is 5.92 Å². The normalized spacial score (nSPS) is 16.1. The van der Waals surface area contributed by atoms with Crippen molar-refractivity contribution < 1.29 is 13.7 Å². The molecule has 1 fully saturated rings. The van der Waals surface area contributed by atoms with E-state index in [9.17, 15) is 9.18 Å². The number of carbonyl (C=O) groups excluding carboxylic acids is 1. The lowest BCUT2D eigenvalue weighted by atomic mass is 10.1. The maximum Gasteiger partial charge on any atom is 0.226 e. The zero-order valence-electron chi connectivity index (χ0n) is 15.6. The minimum absolute atomic E-state index is 0. The summed E-state index contributed by atoms with van der Waals surface area (Å²) in [4.78, 5) is 14.1. The van der Waals surface area contributed by atoms with E-state index in [-0.39, 0.29) is 30.0 Å². The topological polar surface area (TPSA) is 58.4 Å². The minimum Gasteiger partial charge on any atom is -0.361 e. The number of amides is 1. The average Bonchev–Trinajstić information content (AvgIpc) is 3.32. The van der Waals surface area contributed by atoms with Gasteiger partial charge in [-0.3, -0.25) is 4.79 Å². The number of carbonyl (C=O) groups is 1. The molecule has 1 aliphatic rings. The molecule has 1 aromatic carbocycles. The number of rotatable bonds is 8. The molecule has 27 heavy (non-hydrogen) atoms. The van der Waals surface area contributed by atoms with Crippen LogP contribution in [-0.4, -0.2) is 42.6 Å². The van der Waals surface area contributed by atoms with Crippen molar-refractivity contribution in [2.45, 2.75) is 32.1 Å². The van der Waals surface area contributed by atoms with Gasteiger partial charge in [-0.05, 0) is 37.9 Å². The number of benzene rings is 1. The number of unbranched alkanes of at least 4 members (excludes halogenated alkanes) is 2. The maximum absolute atomic E-state index is 13.3. The molecule has 0 radical (unpaired) electrons. The minimum atomic E-state index is -0.279. The number of aryl methyl sites for hydroxylation is 1. The van der Waals surface area contributed by atoms with E-state index in [0.29, 0.717) is 5.69 Å². The third-order valence-corrected chi connectivity index (χ3v) is 4.88. The van der Waals surface area contributed by atoms with Crippen molar-refractivity contribution in [3.8, 4) is 11.3 Å². The van der Waals surface area contributed by atoms with E-state index in [0.717, 1.165) is 63.1 Å². The third kappa shape index (κ3) is 6.04. The number of hydrogen-bond donors (Lipinski definition) is 1. The maximum atomic E-state index is 13.3. The van der Waals surface area contributed by atoms with Crippen molar-refractivity contribution in [3.05, 3.63) is 41.9 Å². The first kappa shape index (κ1) is 21.4. The molecule has 1 unspecified atom stereocenters. The predicted octanol–water partition coefficient (Wildman–Crippen LogP) is 3.68. The van der Waals surface area contributed by atoms with Gasteiger partial charge in [0.2, 0.25) is 5.91 Å². The van der Waals surface area contributed by atoms with Gasteiger partial charge in [0.25, 0.3) is 0 Å². The molecule has 1 aromatic heterocycles. The Morgan fingerprint density at radius 3 is 2.93 bits per heavy atom. The first-order valence-corrected chi connectivity index (χ1v) is 9.31. The predicted molar refractivity (Wildman–Crippen MR) is 105 cm³/mol. The summed E-state index contributed by atoms with van der Waals surface area (Å²) in [6.07, 6.45) is 4.73. The van der Waals surface area contributed by atoms with Crippen LogP contribution in [-0.2, 0) is 11.2 Å². The fourth-order valence-electron chi connectivity index (χ4n) is 3.33. The molecule has 1 N–H and O–H groups in total. The van der Waals surface area contributed by atoms with Crippen LogP contribution in [0.15, 0.2) is 34.9 Å². The number of nitrogens with zero attached hydrogens (tertiary/aromatic N) is 2. The zero-order valence-corrected chi connectivity index (χ0v) is 16.4. The van der Waals surface area contributed by atoms with E-state index in [4.69, 9.17) is 4.52 Å². The number of hydrogen-bond acceptors (Lipinski definition) is 4. The summed E-state index contributed by atoms with van der Waals surface area (Å²) in [7, 11) is 1.89. The SMILES string of the molecule is CN(CCCCCc1cc(-c2cccc(F)c2)no1)C(=O)C1CCNC1.Cl. The first-order valence-electron chi connectivity index (χ1n) is 9.31. The standard InChI is InChI=1S/C20H26FN3O2.ClH/c1-24(20(25)16-9-10-22-14-16)11-4-2-3-8-18-13-19(23-26-18)15-6-5-7-17(21)12-15;/h5-7,12-13,16,22H,2-4,8-11,14H2,1H3;1H. The summed E-state index contributed by atoms with van der Waals surface area (Å²) < 4.78 is 18.6. The Bertz CT molecular complexity index is 732. The average molecular weight is 396 g/mol. The van der Waals surface area contributed by atoms with Crippen molar-refractivity contribution in [2.75, 3.05) is 26.7 Å². The van der Waals surface area contributed by atoms with Crippen LogP contribution in [0.1, 0.15) is 31.4 Å². The molecule has 1 amide bonds. The zero-order chi connectivity index (χ0) is 18.4. The third-order valence-electron chi connectivity index (χ3n) is 4.88. The summed E-state index contributed by atoms with van der Waals surface area (Å²) in [5.74, 6) is 0.935. The second kappa shape index (κ2) is 10.4. The van der Waals surface area contributed by atoms with E-state index >= 15 is 0 Å². The lowest BCUT2D eigenvalue weighted by molar-refractivity contribution is -0.133. The smallest absolute Gasteiger partial charge is 0.226 e. The monoisotopic (exact) mass is 395 g/mol. The summed E-state index contributed by atoms with van der Waals surface area (Å²) in [5.41, 5.74) is 1.39. The van der Waals surface area contributed by atoms with Crippen molar-refractivity contribution in [1.29, 1.82) is 0 Å². The molecule has 0 spiro atoms. The second-order valence-electron chi connectivity index (χ2n) is 6.95. The van der Waals surface area contributed by atoms with Crippen molar-refractivity contribution in [3.63, 3.8) is 0 Å². The van der Waals surface area contributed by atoms with Crippen molar-refractivity contribution >= 4 is 18.3 Å². The Labute approximate surface area is 165 Å². The van der Waals surface area contributed by atoms with Gasteiger partial charge in [-0.25, -0.2) is 4.39 Å². The molecule has 1 atom stereocenters. The van der Waals surface area contributed by atoms with Crippen LogP contribution < -0.4 is 5.32 Å². The van der Waals surface area contributed by atoms with Gasteiger partial charge in [0.1, 0.15) is 17.3 Å². The van der Waals surface area contributed by atoms with Gasteiger partial charge < -0.3 is 14.7 Å². The van der Waals surface area contributed by atoms with Crippen LogP contribution in [0.25, 0.3) is 11.3 Å². The number of halogens is 2. The van der Waals surface area contributed by atoms with Gasteiger partial charge in [-0.1, -0.05) is 23.7 Å². The van der Waals surface area contributed by atoms with E-state index < -0.39 is 0 Å². The van der Waals surface area contributed by atoms with E-state index in [1.807, 2.05) is 24.1 Å². The lowest BCUT2D eigenvalue weighted by Gasteiger charge is -2.20. The molecule has 2 heterocycles. The highest BCUT2D eigenvalue weighted by molar-refractivity contribution is 5.85. The molecular weight excluding hydrogens is 369 g/mol. The van der Waals surface area contributed by atoms with E-state index in [1.165, 1.54) is 12.1 Å². The molecule has 1 saturated heterocycles. The molecule has 7 heteroatoms. The summed E-state index contributed by atoms with van der Waals surface area (Å²) in [6.45, 7) is 2.54. The van der Waals surface area contributed by atoms with Crippen molar-refractivity contribution in [1.82, 2.24) is 15.4 Å². The van der Waals surface area contributed by atoms with Crippen LogP contribution >= 0.6 is 12.4 Å². The first-order chi connectivity index (χ1) is 12.6. The van der Waals surface area contributed by atoms with Gasteiger partial charge in [0, 0.05) is 38.2 Å². The van der Waals surface area contributed by atoms with Crippen LogP contribution in [0.5, 0.6) is 0 Å². The molecule has 0 aliphatic carbocycles. The molecule has 0 bridgehead atoms. The molecule has 5 nitrogen and oxygen atoms in total. The van der Waals surface area contributed by atoms with Gasteiger partial charge in [0.05, 0.1) is 5.92 Å². The summed E-state index contributed by atoms with van der Waals surface area (Å²) >= 11 is 0. The van der Waals surface area contributed by atoms with E-state index in [2.05, 4.69) is 10.5 Å². The quantitative estimate of drug-likeness (QED) is 0.692. The molecule has 148 valence electrons. The fraction of sp³-hybridized carbons (Fsp3) is 0.500. The summed E-state index contributed by atoms with van der Waals surface area (Å²) in [6, 6.07) is 8.22. The van der Waals surface area contributed by atoms with Crippen LogP contribution in [0.2, 0.25) is 0 Å². The Morgan fingerprint density at radius 1 is 1.33 bits per heavy atom. The molecule has 1 aliphatic heterocycles. The molecular formula is C20H27ClFN3O2. The highest BCUT2D eigenvalue weighted by Crippen LogP contribution is 2.21. The summed E-state index contributed by atoms with van der Waals surface area (Å²) in [5, 5.41) is 7.26. The molecule has 2 aromatic rings. The van der Waals surface area contributed by atoms with Gasteiger partial charge in [0.15, 0.2) is 0 Å². The number of nitrogens with one attached hydrogen (secondary N) is 1. The molecule has 0 saturated carbocycles. The molecule has 3 rings (SSSR count). The highest BCUT2D eigenvalue weighted by Gasteiger charge is 2.24. The van der Waals surface area contributed by atoms with Gasteiger partial charge in [-0.15, -0.1) is 12.4 Å². The highest BCUT2D eigenvalue weighted by atomic mass is 35.5. The van der Waals surface area contributed by atoms with Crippen LogP contribution in [0.4, 0.5) is 4.39 Å². The Balaban J connectivity index is 0.00000261. The van der Waals surface area contributed by atoms with Crippen LogP contribution in [0.3, 0.4) is 0 Å². The fourth-order valence-corrected chi connectivity index (χ4v) is 3.33. The largest absolute Gasteiger partial charge is 0.361 e. The Kier molecular flexibility index (Phi) is 8.25. The van der Waals surface area contributed by atoms with Crippen LogP contribution in [0, 0.1) is 11.7 Å². The van der Waals surface area contributed by atoms with Gasteiger partial charge >= 0.3 is 0 Å². The van der Waals surface area contributed by atoms with E-state index in [1.54, 1.807) is 6.07 Å².